The van der Waals surface area contributed by atoms with Gasteiger partial charge in [0.1, 0.15) is 0 Å². The number of imidazole rings is 1. The highest BCUT2D eigenvalue weighted by Crippen LogP contribution is 2.28. The van der Waals surface area contributed by atoms with Crippen molar-refractivity contribution in [1.82, 2.24) is 9.55 Å². The molecule has 1 aromatic heterocycles. The Hall–Kier alpha value is -2.48. The number of nitrogens with one attached hydrogen (secondary N) is 1. The quantitative estimate of drug-likeness (QED) is 0.521. The van der Waals surface area contributed by atoms with Gasteiger partial charge in [0.25, 0.3) is 0 Å². The molecule has 3 aromatic rings. The summed E-state index contributed by atoms with van der Waals surface area (Å²) < 4.78 is 42.0. The molecule has 0 spiro atoms. The summed E-state index contributed by atoms with van der Waals surface area (Å²) in [6, 6.07) is 9.37. The number of aromatic nitrogens is 2. The Labute approximate surface area is 152 Å². The molecule has 3 rings (SSSR count). The minimum Gasteiger partial charge on any atom is -0.323 e. The van der Waals surface area contributed by atoms with E-state index in [1.807, 2.05) is 35.8 Å². The summed E-state index contributed by atoms with van der Waals surface area (Å²) >= 11 is 1.21. The molecule has 136 valence electrons. The zero-order valence-corrected chi connectivity index (χ0v) is 14.9. The van der Waals surface area contributed by atoms with Crippen molar-refractivity contribution < 1.29 is 18.0 Å². The minimum atomic E-state index is -1.61. The number of nitrogens with zero attached hydrogens (tertiary/aromatic N) is 2. The Morgan fingerprint density at radius 2 is 1.92 bits per heavy atom. The average molecular weight is 379 g/mol. The van der Waals surface area contributed by atoms with Crippen LogP contribution in [0.1, 0.15) is 13.8 Å². The number of thioether (sulfide) groups is 1. The molecule has 1 amide bonds. The second kappa shape index (κ2) is 7.41. The number of para-hydroxylation sites is 2. The Morgan fingerprint density at radius 1 is 1.19 bits per heavy atom. The Kier molecular flexibility index (Phi) is 5.22. The molecule has 0 aliphatic rings. The molecule has 0 fully saturated rings. The molecule has 0 radical (unpaired) electrons. The van der Waals surface area contributed by atoms with E-state index in [9.17, 15) is 18.0 Å². The number of hydrogen-bond donors (Lipinski definition) is 1. The van der Waals surface area contributed by atoms with Gasteiger partial charge in [-0.05, 0) is 38.1 Å². The van der Waals surface area contributed by atoms with Gasteiger partial charge in [0.2, 0.25) is 5.91 Å². The zero-order valence-electron chi connectivity index (χ0n) is 14.1. The lowest BCUT2D eigenvalue weighted by molar-refractivity contribution is -0.115. The van der Waals surface area contributed by atoms with Gasteiger partial charge in [-0.1, -0.05) is 23.9 Å². The summed E-state index contributed by atoms with van der Waals surface area (Å²) in [5.74, 6) is -4.87. The van der Waals surface area contributed by atoms with Crippen LogP contribution >= 0.6 is 11.8 Å². The maximum absolute atomic E-state index is 13.7. The molecule has 0 saturated heterocycles. The first-order valence-corrected chi connectivity index (χ1v) is 8.86. The highest BCUT2D eigenvalue weighted by Gasteiger charge is 2.21. The van der Waals surface area contributed by atoms with Crippen molar-refractivity contribution in [3.05, 3.63) is 53.8 Å². The van der Waals surface area contributed by atoms with E-state index in [0.29, 0.717) is 11.7 Å². The van der Waals surface area contributed by atoms with E-state index in [1.165, 1.54) is 11.8 Å². The van der Waals surface area contributed by atoms with E-state index in [1.54, 1.807) is 6.92 Å². The fourth-order valence-corrected chi connectivity index (χ4v) is 3.51. The monoisotopic (exact) mass is 379 g/mol. The molecule has 1 heterocycles. The number of benzene rings is 2. The van der Waals surface area contributed by atoms with E-state index in [-0.39, 0.29) is 0 Å². The van der Waals surface area contributed by atoms with Crippen LogP contribution in [0.4, 0.5) is 18.9 Å². The number of anilines is 1. The first-order chi connectivity index (χ1) is 12.4. The Balaban J connectivity index is 1.79. The van der Waals surface area contributed by atoms with Crippen molar-refractivity contribution in [3.8, 4) is 0 Å². The SMILES string of the molecule is CCn1c(SC(C)C(=O)Nc2ccc(F)c(F)c2F)nc2ccccc21. The molecule has 2 aromatic carbocycles. The fraction of sp³-hybridized carbons (Fsp3) is 0.222. The third-order valence-electron chi connectivity index (χ3n) is 3.88. The number of carbonyl (C=O) groups is 1. The maximum atomic E-state index is 13.7. The largest absolute Gasteiger partial charge is 0.323 e. The summed E-state index contributed by atoms with van der Waals surface area (Å²) in [5, 5.41) is 2.33. The minimum absolute atomic E-state index is 0.398. The topological polar surface area (TPSA) is 46.9 Å². The lowest BCUT2D eigenvalue weighted by Crippen LogP contribution is -2.23. The van der Waals surface area contributed by atoms with Gasteiger partial charge in [0.05, 0.1) is 22.0 Å². The second-order valence-electron chi connectivity index (χ2n) is 5.60. The van der Waals surface area contributed by atoms with E-state index < -0.39 is 34.3 Å². The lowest BCUT2D eigenvalue weighted by Gasteiger charge is -2.13. The number of hydrogen-bond acceptors (Lipinski definition) is 3. The number of rotatable bonds is 5. The van der Waals surface area contributed by atoms with Crippen LogP contribution in [0.5, 0.6) is 0 Å². The van der Waals surface area contributed by atoms with Crippen molar-refractivity contribution in [1.29, 1.82) is 0 Å². The van der Waals surface area contributed by atoms with Gasteiger partial charge in [-0.15, -0.1) is 0 Å². The predicted octanol–water partition coefficient (Wildman–Crippen LogP) is 4.59. The molecule has 0 saturated carbocycles. The highest BCUT2D eigenvalue weighted by atomic mass is 32.2. The smallest absolute Gasteiger partial charge is 0.237 e. The molecule has 1 atom stereocenters. The summed E-state index contributed by atoms with van der Waals surface area (Å²) in [5.41, 5.74) is 1.37. The van der Waals surface area contributed by atoms with Crippen molar-refractivity contribution in [2.75, 3.05) is 5.32 Å². The second-order valence-corrected chi connectivity index (χ2v) is 6.91. The molecule has 26 heavy (non-hydrogen) atoms. The zero-order chi connectivity index (χ0) is 18.8. The van der Waals surface area contributed by atoms with Gasteiger partial charge in [-0.25, -0.2) is 18.2 Å². The van der Waals surface area contributed by atoms with Crippen LogP contribution in [-0.2, 0) is 11.3 Å². The first-order valence-electron chi connectivity index (χ1n) is 7.98. The van der Waals surface area contributed by atoms with Crippen LogP contribution in [0, 0.1) is 17.5 Å². The van der Waals surface area contributed by atoms with Crippen molar-refractivity contribution in [2.24, 2.45) is 0 Å². The summed E-state index contributed by atoms with van der Waals surface area (Å²) in [7, 11) is 0. The standard InChI is InChI=1S/C18H16F3N3OS/c1-3-24-14-7-5-4-6-12(14)23-18(24)26-10(2)17(25)22-13-9-8-11(19)15(20)16(13)21/h4-10H,3H2,1-2H3,(H,22,25). The summed E-state index contributed by atoms with van der Waals surface area (Å²) in [6.45, 7) is 4.28. The lowest BCUT2D eigenvalue weighted by atomic mass is 10.2. The van der Waals surface area contributed by atoms with Crippen molar-refractivity contribution in [3.63, 3.8) is 0 Å². The summed E-state index contributed by atoms with van der Waals surface area (Å²) in [4.78, 5) is 16.8. The van der Waals surface area contributed by atoms with Crippen LogP contribution in [0.25, 0.3) is 11.0 Å². The van der Waals surface area contributed by atoms with E-state index in [2.05, 4.69) is 10.3 Å². The van der Waals surface area contributed by atoms with Crippen LogP contribution in [0.2, 0.25) is 0 Å². The van der Waals surface area contributed by atoms with Gasteiger partial charge in [-0.2, -0.15) is 0 Å². The van der Waals surface area contributed by atoms with Crippen LogP contribution in [-0.4, -0.2) is 20.7 Å². The maximum Gasteiger partial charge on any atom is 0.237 e. The molecular formula is C18H16F3N3OS. The van der Waals surface area contributed by atoms with Gasteiger partial charge < -0.3 is 9.88 Å². The molecule has 0 aliphatic heterocycles. The van der Waals surface area contributed by atoms with E-state index in [4.69, 9.17) is 0 Å². The Bertz CT molecular complexity index is 974. The van der Waals surface area contributed by atoms with Gasteiger partial charge in [-0.3, -0.25) is 4.79 Å². The first kappa shape index (κ1) is 18.3. The van der Waals surface area contributed by atoms with Crippen molar-refractivity contribution in [2.45, 2.75) is 30.8 Å². The number of halogens is 3. The van der Waals surface area contributed by atoms with Gasteiger partial charge >= 0.3 is 0 Å². The van der Waals surface area contributed by atoms with Gasteiger partial charge in [0.15, 0.2) is 22.6 Å². The molecule has 8 heteroatoms. The molecule has 0 bridgehead atoms. The number of carbonyl (C=O) groups excluding carboxylic acids is 1. The number of amides is 1. The normalized spacial score (nSPS) is 12.3. The summed E-state index contributed by atoms with van der Waals surface area (Å²) in [6.07, 6.45) is 0. The molecule has 1 unspecified atom stereocenters. The average Bonchev–Trinajstić information content (AvgIpc) is 2.99. The van der Waals surface area contributed by atoms with Crippen LogP contribution < -0.4 is 5.32 Å². The van der Waals surface area contributed by atoms with Crippen molar-refractivity contribution >= 4 is 34.4 Å². The molecule has 0 aliphatic carbocycles. The number of fused-ring (bicyclic) bond motifs is 1. The molecule has 1 N–H and O–H groups in total. The molecule has 4 nitrogen and oxygen atoms in total. The van der Waals surface area contributed by atoms with E-state index >= 15 is 0 Å². The van der Waals surface area contributed by atoms with Gasteiger partial charge in [0, 0.05) is 6.54 Å². The third-order valence-corrected chi connectivity index (χ3v) is 4.97. The number of aryl methyl sites for hydroxylation is 1. The Morgan fingerprint density at radius 3 is 2.65 bits per heavy atom. The molecular weight excluding hydrogens is 363 g/mol. The fourth-order valence-electron chi connectivity index (χ4n) is 2.52. The highest BCUT2D eigenvalue weighted by molar-refractivity contribution is 8.00. The van der Waals surface area contributed by atoms with Crippen LogP contribution in [0.3, 0.4) is 0 Å². The predicted molar refractivity (Wildman–Crippen MR) is 95.7 cm³/mol. The van der Waals surface area contributed by atoms with E-state index in [0.717, 1.165) is 23.2 Å². The third kappa shape index (κ3) is 3.41. The van der Waals surface area contributed by atoms with Crippen LogP contribution in [0.15, 0.2) is 41.6 Å².